The maximum absolute atomic E-state index is 14.9. The molecule has 0 bridgehead atoms. The summed E-state index contributed by atoms with van der Waals surface area (Å²) >= 11 is 5.95. The predicted octanol–water partition coefficient (Wildman–Crippen LogP) is 2.80. The molecule has 1 saturated heterocycles. The molecule has 1 fully saturated rings. The second-order valence-corrected chi connectivity index (χ2v) is 8.41. The molecule has 0 saturated carbocycles. The van der Waals surface area contributed by atoms with E-state index in [1.54, 1.807) is 30.9 Å². The Labute approximate surface area is 193 Å². The van der Waals surface area contributed by atoms with Crippen LogP contribution in [0.15, 0.2) is 35.4 Å². The lowest BCUT2D eigenvalue weighted by molar-refractivity contribution is 0.0392. The molecule has 1 aliphatic heterocycles. The molecule has 3 aromatic heterocycles. The highest BCUT2D eigenvalue weighted by atomic mass is 35.5. The van der Waals surface area contributed by atoms with Crippen molar-refractivity contribution in [2.24, 2.45) is 14.1 Å². The van der Waals surface area contributed by atoms with Gasteiger partial charge in [-0.25, -0.2) is 19.3 Å². The van der Waals surface area contributed by atoms with Crippen molar-refractivity contribution in [1.29, 1.82) is 0 Å². The van der Waals surface area contributed by atoms with Gasteiger partial charge in [0.2, 0.25) is 5.95 Å². The standard InChI is InChI=1S/C22H21ClFN7O2/c1-12-26-19-18(15-5-4-14(23)8-16(15)24)27-22(28-20(19)21(32)30(12)3)31-6-7-33-17(11-31)13-9-25-29(2)10-13/h4-5,8-10,17H,6-7,11H2,1-3H3/t17-/m1/s1. The van der Waals surface area contributed by atoms with Crippen molar-refractivity contribution in [2.45, 2.75) is 13.0 Å². The first kappa shape index (κ1) is 21.5. The van der Waals surface area contributed by atoms with Gasteiger partial charge in [-0.1, -0.05) is 11.6 Å². The van der Waals surface area contributed by atoms with E-state index in [-0.39, 0.29) is 39.0 Å². The monoisotopic (exact) mass is 469 g/mol. The number of benzene rings is 1. The second kappa shape index (κ2) is 8.20. The zero-order chi connectivity index (χ0) is 23.3. The lowest BCUT2D eigenvalue weighted by Gasteiger charge is -2.32. The largest absolute Gasteiger partial charge is 0.370 e. The fourth-order valence-corrected chi connectivity index (χ4v) is 4.05. The van der Waals surface area contributed by atoms with Crippen LogP contribution in [0, 0.1) is 12.7 Å². The third-order valence-corrected chi connectivity index (χ3v) is 6.01. The van der Waals surface area contributed by atoms with Crippen LogP contribution in [0.5, 0.6) is 0 Å². The Bertz CT molecular complexity index is 1430. The zero-order valence-electron chi connectivity index (χ0n) is 18.3. The third kappa shape index (κ3) is 3.85. The molecule has 1 aromatic carbocycles. The molecule has 33 heavy (non-hydrogen) atoms. The first-order valence-electron chi connectivity index (χ1n) is 10.4. The van der Waals surface area contributed by atoms with Crippen LogP contribution >= 0.6 is 11.6 Å². The number of hydrogen-bond donors (Lipinski definition) is 0. The fourth-order valence-electron chi connectivity index (χ4n) is 3.89. The number of aromatic nitrogens is 6. The van der Waals surface area contributed by atoms with E-state index in [0.717, 1.165) is 5.56 Å². The van der Waals surface area contributed by atoms with E-state index in [4.69, 9.17) is 16.3 Å². The van der Waals surface area contributed by atoms with Crippen LogP contribution in [0.4, 0.5) is 10.3 Å². The number of fused-ring (bicyclic) bond motifs is 1. The Balaban J connectivity index is 1.67. The van der Waals surface area contributed by atoms with Gasteiger partial charge < -0.3 is 9.64 Å². The molecule has 4 heterocycles. The normalized spacial score (nSPS) is 16.5. The lowest BCUT2D eigenvalue weighted by atomic mass is 10.1. The van der Waals surface area contributed by atoms with Gasteiger partial charge in [0.05, 0.1) is 19.3 Å². The Morgan fingerprint density at radius 3 is 2.73 bits per heavy atom. The van der Waals surface area contributed by atoms with Crippen LogP contribution in [0.1, 0.15) is 17.5 Å². The van der Waals surface area contributed by atoms with Crippen molar-refractivity contribution in [1.82, 2.24) is 29.3 Å². The van der Waals surface area contributed by atoms with Gasteiger partial charge in [-0.15, -0.1) is 0 Å². The van der Waals surface area contributed by atoms with E-state index in [0.29, 0.717) is 31.5 Å². The summed E-state index contributed by atoms with van der Waals surface area (Å²) in [7, 11) is 3.47. The second-order valence-electron chi connectivity index (χ2n) is 7.97. The molecule has 1 aliphatic rings. The number of halogens is 2. The van der Waals surface area contributed by atoms with Crippen molar-refractivity contribution in [2.75, 3.05) is 24.6 Å². The fraction of sp³-hybridized carbons (Fsp3) is 0.318. The summed E-state index contributed by atoms with van der Waals surface area (Å²) in [6.45, 7) is 3.12. The van der Waals surface area contributed by atoms with Gasteiger partial charge in [0.1, 0.15) is 29.0 Å². The van der Waals surface area contributed by atoms with Crippen molar-refractivity contribution in [3.05, 3.63) is 63.2 Å². The highest BCUT2D eigenvalue weighted by Crippen LogP contribution is 2.31. The summed E-state index contributed by atoms with van der Waals surface area (Å²) in [5.74, 6) is 0.234. The molecule has 0 amide bonds. The van der Waals surface area contributed by atoms with Gasteiger partial charge in [-0.05, 0) is 25.1 Å². The summed E-state index contributed by atoms with van der Waals surface area (Å²) < 4.78 is 24.0. The molecule has 170 valence electrons. The summed E-state index contributed by atoms with van der Waals surface area (Å²) in [6.07, 6.45) is 3.42. The van der Waals surface area contributed by atoms with Crippen molar-refractivity contribution < 1.29 is 9.13 Å². The van der Waals surface area contributed by atoms with Crippen molar-refractivity contribution >= 4 is 28.6 Å². The molecular weight excluding hydrogens is 449 g/mol. The van der Waals surface area contributed by atoms with Gasteiger partial charge in [0.25, 0.3) is 5.56 Å². The van der Waals surface area contributed by atoms with Gasteiger partial charge in [0, 0.05) is 43.0 Å². The Hall–Kier alpha value is -3.37. The Kier molecular flexibility index (Phi) is 5.34. The SMILES string of the molecule is Cc1nc2c(-c3ccc(Cl)cc3F)nc(N3CCO[C@@H](c4cnn(C)c4)C3)nc2c(=O)n1C. The minimum absolute atomic E-state index is 0.127. The first-order chi connectivity index (χ1) is 15.8. The number of anilines is 1. The van der Waals surface area contributed by atoms with E-state index in [9.17, 15) is 9.18 Å². The van der Waals surface area contributed by atoms with Crippen LogP contribution < -0.4 is 10.5 Å². The summed E-state index contributed by atoms with van der Waals surface area (Å²) in [6, 6.07) is 4.33. The minimum atomic E-state index is -0.552. The molecule has 4 aromatic rings. The number of rotatable bonds is 3. The Morgan fingerprint density at radius 1 is 1.18 bits per heavy atom. The van der Waals surface area contributed by atoms with Crippen LogP contribution in [0.2, 0.25) is 5.02 Å². The average molecular weight is 470 g/mol. The number of hydrogen-bond acceptors (Lipinski definition) is 7. The maximum atomic E-state index is 14.9. The molecule has 1 atom stereocenters. The summed E-state index contributed by atoms with van der Waals surface area (Å²) in [4.78, 5) is 28.7. The van der Waals surface area contributed by atoms with E-state index >= 15 is 0 Å². The smallest absolute Gasteiger partial charge is 0.279 e. The van der Waals surface area contributed by atoms with E-state index < -0.39 is 5.82 Å². The molecule has 0 aliphatic carbocycles. The number of ether oxygens (including phenoxy) is 1. The molecule has 11 heteroatoms. The number of morpholine rings is 1. The zero-order valence-corrected chi connectivity index (χ0v) is 19.0. The van der Waals surface area contributed by atoms with E-state index in [1.165, 1.54) is 16.7 Å². The molecule has 9 nitrogen and oxygen atoms in total. The molecule has 0 spiro atoms. The number of aryl methyl sites for hydroxylation is 2. The highest BCUT2D eigenvalue weighted by Gasteiger charge is 2.27. The van der Waals surface area contributed by atoms with Crippen LogP contribution in [0.25, 0.3) is 22.3 Å². The lowest BCUT2D eigenvalue weighted by Crippen LogP contribution is -2.39. The molecule has 0 N–H and O–H groups in total. The van der Waals surface area contributed by atoms with Crippen molar-refractivity contribution in [3.8, 4) is 11.3 Å². The summed E-state index contributed by atoms with van der Waals surface area (Å²) in [5, 5.41) is 4.48. The molecule has 0 radical (unpaired) electrons. The highest BCUT2D eigenvalue weighted by molar-refractivity contribution is 6.30. The van der Waals surface area contributed by atoms with Crippen LogP contribution in [-0.2, 0) is 18.8 Å². The first-order valence-corrected chi connectivity index (χ1v) is 10.8. The molecule has 0 unspecified atom stereocenters. The predicted molar refractivity (Wildman–Crippen MR) is 122 cm³/mol. The van der Waals surface area contributed by atoms with E-state index in [1.807, 2.05) is 18.1 Å². The minimum Gasteiger partial charge on any atom is -0.370 e. The van der Waals surface area contributed by atoms with Gasteiger partial charge in [-0.3, -0.25) is 14.0 Å². The van der Waals surface area contributed by atoms with Gasteiger partial charge >= 0.3 is 0 Å². The van der Waals surface area contributed by atoms with E-state index in [2.05, 4.69) is 20.1 Å². The molecular formula is C22H21ClFN7O2. The van der Waals surface area contributed by atoms with Gasteiger partial charge in [-0.2, -0.15) is 5.10 Å². The van der Waals surface area contributed by atoms with Crippen LogP contribution in [-0.4, -0.2) is 49.0 Å². The maximum Gasteiger partial charge on any atom is 0.279 e. The van der Waals surface area contributed by atoms with Gasteiger partial charge in [0.15, 0.2) is 5.52 Å². The topological polar surface area (TPSA) is 91.0 Å². The third-order valence-electron chi connectivity index (χ3n) is 5.77. The number of nitrogens with zero attached hydrogens (tertiary/aromatic N) is 7. The average Bonchev–Trinajstić information content (AvgIpc) is 3.24. The van der Waals surface area contributed by atoms with Crippen LogP contribution in [0.3, 0.4) is 0 Å². The van der Waals surface area contributed by atoms with Crippen molar-refractivity contribution in [3.63, 3.8) is 0 Å². The summed E-state index contributed by atoms with van der Waals surface area (Å²) in [5.41, 5.74) is 1.42. The molecule has 5 rings (SSSR count). The Morgan fingerprint density at radius 2 is 2.00 bits per heavy atom. The quantitative estimate of drug-likeness (QED) is 0.455.